The van der Waals surface area contributed by atoms with Crippen molar-refractivity contribution >= 4 is 61.9 Å². The van der Waals surface area contributed by atoms with E-state index >= 15 is 0 Å². The fourth-order valence-corrected chi connectivity index (χ4v) is 3.99. The normalized spacial score (nSPS) is 11.1. The molecule has 1 amide bonds. The van der Waals surface area contributed by atoms with Gasteiger partial charge in [-0.25, -0.2) is 4.98 Å². The summed E-state index contributed by atoms with van der Waals surface area (Å²) in [7, 11) is 1.31. The number of aromatic nitrogens is 2. The zero-order valence-electron chi connectivity index (χ0n) is 20.0. The Morgan fingerprint density at radius 1 is 1.24 bits per heavy atom. The van der Waals surface area contributed by atoms with E-state index in [0.29, 0.717) is 31.9 Å². The van der Waals surface area contributed by atoms with Crippen molar-refractivity contribution in [2.45, 2.75) is 6.92 Å². The third-order valence-corrected chi connectivity index (χ3v) is 5.99. The van der Waals surface area contributed by atoms with Crippen LogP contribution in [0.4, 0.5) is 11.4 Å². The molecule has 13 heteroatoms. The number of hydrogen-bond donors (Lipinski definition) is 1. The van der Waals surface area contributed by atoms with Gasteiger partial charge in [0.1, 0.15) is 5.82 Å². The van der Waals surface area contributed by atoms with E-state index < -0.39 is 28.7 Å². The van der Waals surface area contributed by atoms with Gasteiger partial charge in [-0.3, -0.25) is 19.7 Å². The number of ether oxygens (including phenoxy) is 2. The highest BCUT2D eigenvalue weighted by molar-refractivity contribution is 9.10. The van der Waals surface area contributed by atoms with E-state index in [-0.39, 0.29) is 17.1 Å². The van der Waals surface area contributed by atoms with Crippen molar-refractivity contribution in [3.8, 4) is 11.5 Å². The molecule has 0 aliphatic carbocycles. The Bertz CT molecular complexity index is 1640. The molecule has 1 N–H and O–H groups in total. The van der Waals surface area contributed by atoms with E-state index in [1.807, 2.05) is 0 Å². The topological polar surface area (TPSA) is 138 Å². The van der Waals surface area contributed by atoms with Crippen molar-refractivity contribution in [1.82, 2.24) is 9.66 Å². The maximum atomic E-state index is 13.0. The van der Waals surface area contributed by atoms with Crippen LogP contribution in [0, 0.1) is 17.0 Å². The Balaban J connectivity index is 1.61. The largest absolute Gasteiger partial charge is 0.493 e. The minimum atomic E-state index is -0.668. The van der Waals surface area contributed by atoms with E-state index in [2.05, 4.69) is 31.3 Å². The van der Waals surface area contributed by atoms with Crippen LogP contribution in [0.1, 0.15) is 11.4 Å². The Morgan fingerprint density at radius 3 is 2.66 bits per heavy atom. The number of nitro benzene ring substituents is 1. The third kappa shape index (κ3) is 5.98. The number of aryl methyl sites for hydroxylation is 1. The first kappa shape index (κ1) is 26.8. The monoisotopic (exact) mass is 599 g/mol. The summed E-state index contributed by atoms with van der Waals surface area (Å²) in [6.45, 7) is 1.11. The summed E-state index contributed by atoms with van der Waals surface area (Å²) < 4.78 is 12.6. The molecule has 0 unspecified atom stereocenters. The fourth-order valence-electron chi connectivity index (χ4n) is 3.50. The van der Waals surface area contributed by atoms with Gasteiger partial charge in [-0.05, 0) is 55.5 Å². The second kappa shape index (κ2) is 11.4. The van der Waals surface area contributed by atoms with Crippen LogP contribution in [0.15, 0.2) is 69.0 Å². The number of anilines is 1. The van der Waals surface area contributed by atoms with E-state index in [4.69, 9.17) is 21.1 Å². The van der Waals surface area contributed by atoms with Gasteiger partial charge in [0.2, 0.25) is 5.75 Å². The predicted octanol–water partition coefficient (Wildman–Crippen LogP) is 4.94. The van der Waals surface area contributed by atoms with Crippen molar-refractivity contribution in [3.05, 3.63) is 95.9 Å². The number of rotatable bonds is 8. The number of fused-ring (bicyclic) bond motifs is 1. The standard InChI is InChI=1S/C25H19BrClN5O6/c1-14-29-20-8-3-16(26)11-19(20)25(34)31(14)28-12-15-9-21(32(35)36)24(22(10-15)37-2)38-13-23(33)30-18-6-4-17(27)5-7-18/h3-12H,13H2,1-2H3,(H,30,33). The van der Waals surface area contributed by atoms with Crippen LogP contribution >= 0.6 is 27.5 Å². The molecule has 0 aliphatic rings. The van der Waals surface area contributed by atoms with Crippen molar-refractivity contribution in [1.29, 1.82) is 0 Å². The summed E-state index contributed by atoms with van der Waals surface area (Å²) >= 11 is 9.17. The number of nitrogens with zero attached hydrogens (tertiary/aromatic N) is 4. The summed E-state index contributed by atoms with van der Waals surface area (Å²) in [5, 5.41) is 19.5. The van der Waals surface area contributed by atoms with Gasteiger partial charge < -0.3 is 14.8 Å². The number of methoxy groups -OCH3 is 1. The van der Waals surface area contributed by atoms with Crippen molar-refractivity contribution in [2.75, 3.05) is 19.0 Å². The zero-order chi connectivity index (χ0) is 27.4. The molecule has 3 aromatic carbocycles. The SMILES string of the molecule is COc1cc(C=Nn2c(C)nc3ccc(Br)cc3c2=O)cc([N+](=O)[O-])c1OCC(=O)Nc1ccc(Cl)cc1. The van der Waals surface area contributed by atoms with Gasteiger partial charge in [0, 0.05) is 26.8 Å². The molecule has 194 valence electrons. The van der Waals surface area contributed by atoms with Gasteiger partial charge in [-0.2, -0.15) is 9.78 Å². The first-order chi connectivity index (χ1) is 18.2. The lowest BCUT2D eigenvalue weighted by atomic mass is 10.2. The highest BCUT2D eigenvalue weighted by Gasteiger charge is 2.23. The minimum absolute atomic E-state index is 0.00424. The molecule has 38 heavy (non-hydrogen) atoms. The number of nitro groups is 1. The molecule has 0 spiro atoms. The lowest BCUT2D eigenvalue weighted by molar-refractivity contribution is -0.385. The fraction of sp³-hybridized carbons (Fsp3) is 0.120. The van der Waals surface area contributed by atoms with Crippen LogP contribution in [0.5, 0.6) is 11.5 Å². The number of carbonyl (C=O) groups is 1. The number of nitrogens with one attached hydrogen (secondary N) is 1. The summed E-state index contributed by atoms with van der Waals surface area (Å²) in [4.78, 5) is 40.8. The second-order valence-corrected chi connectivity index (χ2v) is 9.21. The average molecular weight is 601 g/mol. The number of benzene rings is 3. The van der Waals surface area contributed by atoms with Crippen molar-refractivity contribution in [2.24, 2.45) is 5.10 Å². The quantitative estimate of drug-likeness (QED) is 0.172. The smallest absolute Gasteiger partial charge is 0.315 e. The van der Waals surface area contributed by atoms with Crippen LogP contribution in [0.2, 0.25) is 5.02 Å². The Kier molecular flexibility index (Phi) is 8.03. The summed E-state index contributed by atoms with van der Waals surface area (Å²) in [5.74, 6) is -0.440. The number of hydrogen-bond acceptors (Lipinski definition) is 8. The first-order valence-corrected chi connectivity index (χ1v) is 12.1. The van der Waals surface area contributed by atoms with Crippen LogP contribution in [-0.4, -0.2) is 40.4 Å². The summed E-state index contributed by atoms with van der Waals surface area (Å²) in [6, 6.07) is 14.2. The molecular weight excluding hydrogens is 582 g/mol. The maximum Gasteiger partial charge on any atom is 0.315 e. The molecule has 0 aliphatic heterocycles. The van der Waals surface area contributed by atoms with Gasteiger partial charge in [0.05, 0.1) is 29.2 Å². The van der Waals surface area contributed by atoms with E-state index in [0.717, 1.165) is 4.68 Å². The first-order valence-electron chi connectivity index (χ1n) is 10.9. The third-order valence-electron chi connectivity index (χ3n) is 5.24. The lowest BCUT2D eigenvalue weighted by Gasteiger charge is -2.12. The lowest BCUT2D eigenvalue weighted by Crippen LogP contribution is -2.21. The molecule has 0 atom stereocenters. The Hall–Kier alpha value is -4.29. The second-order valence-electron chi connectivity index (χ2n) is 7.85. The van der Waals surface area contributed by atoms with Gasteiger partial charge >= 0.3 is 5.69 Å². The number of halogens is 2. The van der Waals surface area contributed by atoms with Gasteiger partial charge in [0.25, 0.3) is 11.5 Å². The van der Waals surface area contributed by atoms with Crippen LogP contribution in [0.25, 0.3) is 10.9 Å². The zero-order valence-corrected chi connectivity index (χ0v) is 22.3. The van der Waals surface area contributed by atoms with E-state index in [9.17, 15) is 19.7 Å². The molecular formula is C25H19BrClN5O6. The average Bonchev–Trinajstić information content (AvgIpc) is 2.89. The van der Waals surface area contributed by atoms with Gasteiger partial charge in [-0.15, -0.1) is 0 Å². The van der Waals surface area contributed by atoms with E-state index in [1.54, 1.807) is 49.4 Å². The Labute approximate surface area is 228 Å². The summed E-state index contributed by atoms with van der Waals surface area (Å²) in [5.41, 5.74) is 0.401. The van der Waals surface area contributed by atoms with Crippen molar-refractivity contribution < 1.29 is 19.2 Å². The predicted molar refractivity (Wildman–Crippen MR) is 147 cm³/mol. The molecule has 1 aromatic heterocycles. The van der Waals surface area contributed by atoms with Gasteiger partial charge in [0.15, 0.2) is 12.4 Å². The molecule has 0 radical (unpaired) electrons. The molecule has 0 saturated carbocycles. The Morgan fingerprint density at radius 2 is 1.97 bits per heavy atom. The molecule has 0 bridgehead atoms. The molecule has 11 nitrogen and oxygen atoms in total. The van der Waals surface area contributed by atoms with Crippen LogP contribution in [0.3, 0.4) is 0 Å². The molecule has 0 saturated heterocycles. The molecule has 4 rings (SSSR count). The van der Waals surface area contributed by atoms with Crippen LogP contribution in [-0.2, 0) is 4.79 Å². The number of amides is 1. The van der Waals surface area contributed by atoms with Crippen LogP contribution < -0.4 is 20.3 Å². The maximum absolute atomic E-state index is 13.0. The minimum Gasteiger partial charge on any atom is -0.493 e. The highest BCUT2D eigenvalue weighted by Crippen LogP contribution is 2.38. The van der Waals surface area contributed by atoms with E-state index in [1.165, 1.54) is 25.5 Å². The summed E-state index contributed by atoms with van der Waals surface area (Å²) in [6.07, 6.45) is 1.27. The molecule has 4 aromatic rings. The van der Waals surface area contributed by atoms with Crippen molar-refractivity contribution in [3.63, 3.8) is 0 Å². The van der Waals surface area contributed by atoms with Gasteiger partial charge in [-0.1, -0.05) is 27.5 Å². The number of carbonyl (C=O) groups excluding carboxylic acids is 1. The molecule has 0 fully saturated rings. The highest BCUT2D eigenvalue weighted by atomic mass is 79.9. The molecule has 1 heterocycles.